The third-order valence-electron chi connectivity index (χ3n) is 4.51. The maximum Gasteiger partial charge on any atom is 0.0333 e. The first-order chi connectivity index (χ1) is 9.60. The molecule has 0 aliphatic heterocycles. The van der Waals surface area contributed by atoms with Crippen molar-refractivity contribution in [3.63, 3.8) is 0 Å². The molecular formula is C17H28N2S. The SMILES string of the molecule is Cc1ccccc1SCC(NN)C1CC(C)CC(C)C1. The van der Waals surface area contributed by atoms with Gasteiger partial charge in [-0.1, -0.05) is 32.0 Å². The molecule has 3 atom stereocenters. The molecule has 112 valence electrons. The number of hydrazine groups is 1. The Morgan fingerprint density at radius 3 is 2.45 bits per heavy atom. The van der Waals surface area contributed by atoms with Crippen molar-refractivity contribution in [2.75, 3.05) is 5.75 Å². The van der Waals surface area contributed by atoms with E-state index in [1.807, 2.05) is 11.8 Å². The maximum atomic E-state index is 5.83. The van der Waals surface area contributed by atoms with Crippen LogP contribution in [0.15, 0.2) is 29.2 Å². The number of thioether (sulfide) groups is 1. The quantitative estimate of drug-likeness (QED) is 0.489. The Morgan fingerprint density at radius 1 is 1.20 bits per heavy atom. The molecule has 0 spiro atoms. The van der Waals surface area contributed by atoms with Crippen LogP contribution >= 0.6 is 11.8 Å². The fourth-order valence-corrected chi connectivity index (χ4v) is 4.75. The van der Waals surface area contributed by atoms with Crippen molar-refractivity contribution in [1.29, 1.82) is 0 Å². The molecule has 1 aromatic rings. The van der Waals surface area contributed by atoms with Crippen LogP contribution in [-0.2, 0) is 0 Å². The molecule has 3 unspecified atom stereocenters. The Labute approximate surface area is 127 Å². The molecule has 1 aliphatic carbocycles. The minimum atomic E-state index is 0.421. The van der Waals surface area contributed by atoms with Crippen molar-refractivity contribution in [3.8, 4) is 0 Å². The van der Waals surface area contributed by atoms with E-state index in [-0.39, 0.29) is 0 Å². The topological polar surface area (TPSA) is 38.0 Å². The molecule has 2 nitrogen and oxygen atoms in total. The molecule has 0 amide bonds. The van der Waals surface area contributed by atoms with Gasteiger partial charge in [0, 0.05) is 16.7 Å². The molecule has 0 radical (unpaired) electrons. The first-order valence-corrected chi connectivity index (χ1v) is 8.73. The lowest BCUT2D eigenvalue weighted by atomic mass is 9.74. The van der Waals surface area contributed by atoms with E-state index in [1.165, 1.54) is 29.7 Å². The summed E-state index contributed by atoms with van der Waals surface area (Å²) < 4.78 is 0. The fraction of sp³-hybridized carbons (Fsp3) is 0.647. The van der Waals surface area contributed by atoms with Gasteiger partial charge < -0.3 is 0 Å². The Bertz CT molecular complexity index is 411. The van der Waals surface area contributed by atoms with E-state index in [9.17, 15) is 0 Å². The first kappa shape index (κ1) is 15.9. The molecule has 0 heterocycles. The molecule has 3 heteroatoms. The summed E-state index contributed by atoms with van der Waals surface area (Å²) in [5, 5.41) is 0. The average molecular weight is 292 g/mol. The lowest BCUT2D eigenvalue weighted by molar-refractivity contribution is 0.185. The summed E-state index contributed by atoms with van der Waals surface area (Å²) in [7, 11) is 0. The second-order valence-electron chi connectivity index (χ2n) is 6.53. The number of nitrogens with one attached hydrogen (secondary N) is 1. The summed E-state index contributed by atoms with van der Waals surface area (Å²) in [5.41, 5.74) is 4.44. The third kappa shape index (κ3) is 4.24. The molecule has 1 fully saturated rings. The normalized spacial score (nSPS) is 28.3. The molecule has 20 heavy (non-hydrogen) atoms. The lowest BCUT2D eigenvalue weighted by Crippen LogP contribution is -2.45. The zero-order valence-corrected chi connectivity index (χ0v) is 13.7. The first-order valence-electron chi connectivity index (χ1n) is 7.74. The van der Waals surface area contributed by atoms with Gasteiger partial charge in [-0.2, -0.15) is 0 Å². The Kier molecular flexibility index (Phi) is 5.94. The smallest absolute Gasteiger partial charge is 0.0333 e. The molecule has 0 saturated heterocycles. The minimum Gasteiger partial charge on any atom is -0.271 e. The zero-order valence-electron chi connectivity index (χ0n) is 12.9. The summed E-state index contributed by atoms with van der Waals surface area (Å²) in [6.07, 6.45) is 4.00. The summed E-state index contributed by atoms with van der Waals surface area (Å²) in [4.78, 5) is 1.38. The Hall–Kier alpha value is -0.510. The molecule has 0 aromatic heterocycles. The van der Waals surface area contributed by atoms with Crippen molar-refractivity contribution >= 4 is 11.8 Å². The number of rotatable bonds is 5. The predicted octanol–water partition coefficient (Wildman–Crippen LogP) is 3.99. The standard InChI is InChI=1S/C17H28N2S/c1-12-8-13(2)10-15(9-12)16(19-18)11-20-17-7-5-4-6-14(17)3/h4-7,12-13,15-16,19H,8-11,18H2,1-3H3. The monoisotopic (exact) mass is 292 g/mol. The largest absolute Gasteiger partial charge is 0.271 e. The number of nitrogens with two attached hydrogens (primary N) is 1. The van der Waals surface area contributed by atoms with Crippen LogP contribution in [0, 0.1) is 24.7 Å². The van der Waals surface area contributed by atoms with Crippen LogP contribution in [0.1, 0.15) is 38.7 Å². The van der Waals surface area contributed by atoms with Crippen molar-refractivity contribution in [3.05, 3.63) is 29.8 Å². The van der Waals surface area contributed by atoms with Crippen LogP contribution in [0.25, 0.3) is 0 Å². The van der Waals surface area contributed by atoms with E-state index in [2.05, 4.69) is 50.5 Å². The number of hydrogen-bond acceptors (Lipinski definition) is 3. The Balaban J connectivity index is 1.93. The summed E-state index contributed by atoms with van der Waals surface area (Å²) >= 11 is 1.93. The van der Waals surface area contributed by atoms with Crippen molar-refractivity contribution in [2.45, 2.75) is 51.0 Å². The fourth-order valence-electron chi connectivity index (χ4n) is 3.56. The van der Waals surface area contributed by atoms with Gasteiger partial charge in [0.05, 0.1) is 0 Å². The van der Waals surface area contributed by atoms with E-state index >= 15 is 0 Å². The highest BCUT2D eigenvalue weighted by Gasteiger charge is 2.29. The average Bonchev–Trinajstić information content (AvgIpc) is 2.40. The summed E-state index contributed by atoms with van der Waals surface area (Å²) in [5.74, 6) is 9.28. The van der Waals surface area contributed by atoms with Gasteiger partial charge in [-0.05, 0) is 55.6 Å². The van der Waals surface area contributed by atoms with Crippen LogP contribution in [0.5, 0.6) is 0 Å². The third-order valence-corrected chi connectivity index (χ3v) is 5.80. The number of benzene rings is 1. The van der Waals surface area contributed by atoms with Crippen LogP contribution in [0.4, 0.5) is 0 Å². The van der Waals surface area contributed by atoms with Crippen LogP contribution < -0.4 is 11.3 Å². The van der Waals surface area contributed by atoms with E-state index in [4.69, 9.17) is 5.84 Å². The van der Waals surface area contributed by atoms with Gasteiger partial charge in [0.25, 0.3) is 0 Å². The van der Waals surface area contributed by atoms with Gasteiger partial charge in [0.2, 0.25) is 0 Å². The van der Waals surface area contributed by atoms with Crippen LogP contribution in [-0.4, -0.2) is 11.8 Å². The molecular weight excluding hydrogens is 264 g/mol. The van der Waals surface area contributed by atoms with Crippen LogP contribution in [0.2, 0.25) is 0 Å². The molecule has 0 bridgehead atoms. The Morgan fingerprint density at radius 2 is 1.85 bits per heavy atom. The van der Waals surface area contributed by atoms with Gasteiger partial charge >= 0.3 is 0 Å². The highest BCUT2D eigenvalue weighted by molar-refractivity contribution is 7.99. The van der Waals surface area contributed by atoms with Crippen molar-refractivity contribution in [1.82, 2.24) is 5.43 Å². The minimum absolute atomic E-state index is 0.421. The number of hydrogen-bond donors (Lipinski definition) is 2. The molecule has 1 saturated carbocycles. The van der Waals surface area contributed by atoms with E-state index in [0.29, 0.717) is 6.04 Å². The van der Waals surface area contributed by atoms with Crippen LogP contribution in [0.3, 0.4) is 0 Å². The second kappa shape index (κ2) is 7.48. The van der Waals surface area contributed by atoms with E-state index in [0.717, 1.165) is 23.5 Å². The maximum absolute atomic E-state index is 5.83. The van der Waals surface area contributed by atoms with Gasteiger partial charge in [-0.3, -0.25) is 11.3 Å². The second-order valence-corrected chi connectivity index (χ2v) is 7.59. The molecule has 2 rings (SSSR count). The highest BCUT2D eigenvalue weighted by Crippen LogP contribution is 2.36. The van der Waals surface area contributed by atoms with Gasteiger partial charge in [-0.15, -0.1) is 11.8 Å². The van der Waals surface area contributed by atoms with Gasteiger partial charge in [-0.25, -0.2) is 0 Å². The summed E-state index contributed by atoms with van der Waals surface area (Å²) in [6, 6.07) is 9.02. The molecule has 3 N–H and O–H groups in total. The van der Waals surface area contributed by atoms with Crippen molar-refractivity contribution < 1.29 is 0 Å². The summed E-state index contributed by atoms with van der Waals surface area (Å²) in [6.45, 7) is 6.94. The van der Waals surface area contributed by atoms with Crippen molar-refractivity contribution in [2.24, 2.45) is 23.6 Å². The molecule has 1 aromatic carbocycles. The van der Waals surface area contributed by atoms with E-state index in [1.54, 1.807) is 0 Å². The molecule has 1 aliphatic rings. The van der Waals surface area contributed by atoms with Gasteiger partial charge in [0.15, 0.2) is 0 Å². The van der Waals surface area contributed by atoms with Gasteiger partial charge in [0.1, 0.15) is 0 Å². The number of aryl methyl sites for hydroxylation is 1. The zero-order chi connectivity index (χ0) is 14.5. The highest BCUT2D eigenvalue weighted by atomic mass is 32.2. The predicted molar refractivity (Wildman–Crippen MR) is 88.7 cm³/mol. The van der Waals surface area contributed by atoms with E-state index < -0.39 is 0 Å². The lowest BCUT2D eigenvalue weighted by Gasteiger charge is -2.36.